The van der Waals surface area contributed by atoms with E-state index in [1.807, 2.05) is 0 Å². The maximum atomic E-state index is 12.6. The van der Waals surface area contributed by atoms with Crippen molar-refractivity contribution in [2.24, 2.45) is 0 Å². The van der Waals surface area contributed by atoms with Crippen molar-refractivity contribution in [3.8, 4) is 11.5 Å². The number of phenolic OH excluding ortho intramolecular Hbond substituents is 1. The second-order valence-corrected chi connectivity index (χ2v) is 15.9. The SMILES string of the molecule is COc1cc(/C=C/C(=O)OC[C@@H]2O[C@@H](OC3[C@H](O[C@@H]4OC[C@@H](OC)C(O)C4O[C@H]4OC(C=O)[C@@H](OC)[C@H](O)C4O)CO[C@@H](O[C@@H]4CO[C@@H](OC)C(OC(C)=O)C4O)[C@H]3O)[C@@H](O)C2O)ccc1O. The number of methoxy groups -OCH3 is 4. The highest BCUT2D eigenvalue weighted by Crippen LogP contribution is 2.35. The largest absolute Gasteiger partial charge is 0.504 e. The minimum atomic E-state index is -1.93. The summed E-state index contributed by atoms with van der Waals surface area (Å²) in [5.74, 6) is -1.60. The smallest absolute Gasteiger partial charge is 0.330 e. The second-order valence-electron chi connectivity index (χ2n) is 15.9. The van der Waals surface area contributed by atoms with Crippen molar-refractivity contribution >= 4 is 24.3 Å². The summed E-state index contributed by atoms with van der Waals surface area (Å²) in [4.78, 5) is 36.3. The highest BCUT2D eigenvalue weighted by atomic mass is 16.8. The number of aldehydes is 1. The summed E-state index contributed by atoms with van der Waals surface area (Å²) >= 11 is 0. The van der Waals surface area contributed by atoms with Gasteiger partial charge in [0, 0.05) is 34.3 Å². The molecular weight excluding hydrogens is 908 g/mol. The number of hydrogen-bond acceptors (Lipinski definition) is 26. The summed E-state index contributed by atoms with van der Waals surface area (Å²) in [5.41, 5.74) is 0.477. The molecule has 26 nitrogen and oxygen atoms in total. The summed E-state index contributed by atoms with van der Waals surface area (Å²) in [6.07, 6.45) is -30.1. The van der Waals surface area contributed by atoms with Gasteiger partial charge in [-0.05, 0) is 23.8 Å². The Kier molecular flexibility index (Phi) is 18.8. The van der Waals surface area contributed by atoms with Crippen molar-refractivity contribution in [3.63, 3.8) is 0 Å². The van der Waals surface area contributed by atoms with Crippen LogP contribution in [0.2, 0.25) is 0 Å². The monoisotopic (exact) mass is 966 g/mol. The first-order valence-electron chi connectivity index (χ1n) is 21.0. The molecule has 0 amide bonds. The van der Waals surface area contributed by atoms with Gasteiger partial charge in [0.2, 0.25) is 0 Å². The molecule has 1 aromatic carbocycles. The van der Waals surface area contributed by atoms with Crippen LogP contribution < -0.4 is 4.74 Å². The molecule has 5 saturated heterocycles. The standard InChI is InChI=1S/C41H58O26/c1-16(43)61-35-28(48)23(14-59-40(35)56-5)63-37-32(52)34(66-38-30(50)26(46)22(64-38)13-57-25(45)9-7-17-6-8-18(44)19(10-17)53-2)24(15-58-37)65-41-36(27(47)21(54-3)12-60-41)67-39-31(51)29(49)33(55-4)20(11-42)62-39/h6-11,20-24,26-41,44,46-52H,12-15H2,1-5H3/b9-7+/t20?,21-,22+,23-,24-,26?,27?,28?,29-,30+,31?,32+,33-,34?,35?,36?,37+,38+,39-,40-,41+/m1/s1. The zero-order chi connectivity index (χ0) is 48.7. The van der Waals surface area contributed by atoms with Crippen LogP contribution in [0.25, 0.3) is 6.08 Å². The van der Waals surface area contributed by atoms with Gasteiger partial charge in [-0.15, -0.1) is 0 Å². The van der Waals surface area contributed by atoms with E-state index in [-0.39, 0.29) is 24.7 Å². The first kappa shape index (κ1) is 52.8. The van der Waals surface area contributed by atoms with Crippen molar-refractivity contribution < 1.29 is 126 Å². The Hall–Kier alpha value is -3.59. The van der Waals surface area contributed by atoms with Crippen LogP contribution in [0.5, 0.6) is 11.5 Å². The van der Waals surface area contributed by atoms with E-state index in [4.69, 9.17) is 71.1 Å². The summed E-state index contributed by atoms with van der Waals surface area (Å²) < 4.78 is 84.0. The topological polar surface area (TPSA) is 352 Å². The van der Waals surface area contributed by atoms with E-state index >= 15 is 0 Å². The second kappa shape index (κ2) is 23.8. The van der Waals surface area contributed by atoms with Gasteiger partial charge in [-0.1, -0.05) is 6.07 Å². The van der Waals surface area contributed by atoms with Gasteiger partial charge >= 0.3 is 11.9 Å². The fourth-order valence-corrected chi connectivity index (χ4v) is 7.93. The molecule has 5 aliphatic rings. The average Bonchev–Trinajstić information content (AvgIpc) is 3.58. The van der Waals surface area contributed by atoms with Crippen molar-refractivity contribution in [1.82, 2.24) is 0 Å². The van der Waals surface area contributed by atoms with E-state index in [9.17, 15) is 55.2 Å². The maximum Gasteiger partial charge on any atom is 0.330 e. The minimum Gasteiger partial charge on any atom is -0.504 e. The van der Waals surface area contributed by atoms with Gasteiger partial charge in [-0.25, -0.2) is 4.79 Å². The van der Waals surface area contributed by atoms with Crippen LogP contribution in [0, 0.1) is 0 Å². The van der Waals surface area contributed by atoms with Crippen molar-refractivity contribution in [2.75, 3.05) is 54.9 Å². The van der Waals surface area contributed by atoms with Gasteiger partial charge in [0.1, 0.15) is 98.2 Å². The molecule has 0 saturated carbocycles. The number of hydrogen-bond donors (Lipinski definition) is 8. The number of aliphatic hydroxyl groups excluding tert-OH is 7. The average molecular weight is 967 g/mol. The number of carbonyl (C=O) groups excluding carboxylic acids is 3. The Morgan fingerprint density at radius 1 is 0.642 bits per heavy atom. The van der Waals surface area contributed by atoms with E-state index < -0.39 is 154 Å². The number of aromatic hydroxyl groups is 1. The third-order valence-electron chi connectivity index (χ3n) is 11.6. The molecule has 0 aliphatic carbocycles. The van der Waals surface area contributed by atoms with Gasteiger partial charge in [-0.3, -0.25) is 4.79 Å². The van der Waals surface area contributed by atoms with Crippen LogP contribution in [0.1, 0.15) is 12.5 Å². The van der Waals surface area contributed by atoms with Crippen LogP contribution >= 0.6 is 0 Å². The Labute approximate surface area is 382 Å². The van der Waals surface area contributed by atoms with Crippen LogP contribution in [-0.2, 0) is 80.7 Å². The summed E-state index contributed by atoms with van der Waals surface area (Å²) in [7, 11) is 5.07. The summed E-state index contributed by atoms with van der Waals surface area (Å²) in [5, 5.41) is 88.0. The van der Waals surface area contributed by atoms with Crippen LogP contribution in [-0.4, -0.2) is 243 Å². The molecule has 0 radical (unpaired) electrons. The first-order valence-corrected chi connectivity index (χ1v) is 21.0. The lowest BCUT2D eigenvalue weighted by Gasteiger charge is -2.47. The summed E-state index contributed by atoms with van der Waals surface area (Å²) in [6.45, 7) is -0.697. The Bertz CT molecular complexity index is 1800. The number of aliphatic hydroxyl groups is 7. The molecule has 378 valence electrons. The lowest BCUT2D eigenvalue weighted by atomic mass is 9.98. The van der Waals surface area contributed by atoms with Crippen molar-refractivity contribution in [1.29, 1.82) is 0 Å². The quantitative estimate of drug-likeness (QED) is 0.0390. The number of phenols is 1. The number of esters is 2. The number of ether oxygens (including phenoxy) is 15. The van der Waals surface area contributed by atoms with E-state index in [0.717, 1.165) is 13.0 Å². The predicted octanol–water partition coefficient (Wildman–Crippen LogP) is -4.65. The Morgan fingerprint density at radius 2 is 1.27 bits per heavy atom. The lowest BCUT2D eigenvalue weighted by Crippen LogP contribution is -2.65. The molecule has 5 fully saturated rings. The number of carbonyl (C=O) groups is 3. The molecule has 6 rings (SSSR count). The van der Waals surface area contributed by atoms with Gasteiger partial charge in [0.25, 0.3) is 0 Å². The molecule has 21 atom stereocenters. The number of benzene rings is 1. The highest BCUT2D eigenvalue weighted by molar-refractivity contribution is 5.87. The zero-order valence-corrected chi connectivity index (χ0v) is 36.8. The maximum absolute atomic E-state index is 12.6. The third kappa shape index (κ3) is 12.2. The van der Waals surface area contributed by atoms with E-state index in [0.29, 0.717) is 11.8 Å². The van der Waals surface area contributed by atoms with Crippen LogP contribution in [0.15, 0.2) is 24.3 Å². The minimum absolute atomic E-state index is 0.116. The molecule has 1 aromatic rings. The molecule has 67 heavy (non-hydrogen) atoms. The molecule has 0 spiro atoms. The normalized spacial score (nSPS) is 41.5. The van der Waals surface area contributed by atoms with Crippen LogP contribution in [0.4, 0.5) is 0 Å². The lowest BCUT2D eigenvalue weighted by molar-refractivity contribution is -0.380. The summed E-state index contributed by atoms with van der Waals surface area (Å²) in [6, 6.07) is 4.34. The predicted molar refractivity (Wildman–Crippen MR) is 213 cm³/mol. The molecule has 8 unspecified atom stereocenters. The van der Waals surface area contributed by atoms with Gasteiger partial charge in [0.05, 0.1) is 26.9 Å². The van der Waals surface area contributed by atoms with E-state index in [1.54, 1.807) is 0 Å². The van der Waals surface area contributed by atoms with E-state index in [2.05, 4.69) is 0 Å². The zero-order valence-electron chi connectivity index (χ0n) is 36.8. The molecular formula is C41H58O26. The molecule has 0 bridgehead atoms. The van der Waals surface area contributed by atoms with Crippen molar-refractivity contribution in [2.45, 2.75) is 136 Å². The molecule has 5 heterocycles. The fourth-order valence-electron chi connectivity index (χ4n) is 7.93. The first-order chi connectivity index (χ1) is 32.0. The molecule has 0 aromatic heterocycles. The third-order valence-corrected chi connectivity index (χ3v) is 11.6. The molecule has 5 aliphatic heterocycles. The van der Waals surface area contributed by atoms with Gasteiger partial charge in [0.15, 0.2) is 55.3 Å². The van der Waals surface area contributed by atoms with Crippen LogP contribution in [0.3, 0.4) is 0 Å². The highest BCUT2D eigenvalue weighted by Gasteiger charge is 2.55. The van der Waals surface area contributed by atoms with E-state index in [1.165, 1.54) is 52.7 Å². The molecule has 8 N–H and O–H groups in total. The molecule has 26 heteroatoms. The Morgan fingerprint density at radius 3 is 1.94 bits per heavy atom. The van der Waals surface area contributed by atoms with Gasteiger partial charge < -0.3 is 117 Å². The fraction of sp³-hybridized carbons (Fsp3) is 0.732. The number of rotatable bonds is 18. The van der Waals surface area contributed by atoms with Gasteiger partial charge in [-0.2, -0.15) is 0 Å². The van der Waals surface area contributed by atoms with Crippen molar-refractivity contribution in [3.05, 3.63) is 29.8 Å². The Balaban J connectivity index is 1.20.